The fourth-order valence-electron chi connectivity index (χ4n) is 1.47. The van der Waals surface area contributed by atoms with Crippen LogP contribution in [0.4, 0.5) is 0 Å². The fraction of sp³-hybridized carbons (Fsp3) is 0.857. The molecule has 1 saturated heterocycles. The van der Waals surface area contributed by atoms with E-state index in [0.29, 0.717) is 5.92 Å². The molecule has 1 unspecified atom stereocenters. The molecule has 0 spiro atoms. The van der Waals surface area contributed by atoms with Gasteiger partial charge in [0.05, 0.1) is 6.19 Å². The Bertz CT molecular complexity index is 132. The average Bonchev–Trinajstić information content (AvgIpc) is 2.06. The van der Waals surface area contributed by atoms with Crippen molar-refractivity contribution in [1.82, 2.24) is 4.81 Å². The van der Waals surface area contributed by atoms with E-state index in [1.165, 1.54) is 0 Å². The summed E-state index contributed by atoms with van der Waals surface area (Å²) < 4.78 is 0. The maximum absolute atomic E-state index is 10.1. The normalized spacial score (nSPS) is 26.5. The molecular formula is C7H13BNO2. The second-order valence-electron chi connectivity index (χ2n) is 2.97. The monoisotopic (exact) mass is 154 g/mol. The summed E-state index contributed by atoms with van der Waals surface area (Å²) in [6, 6.07) is 0. The second kappa shape index (κ2) is 4.52. The van der Waals surface area contributed by atoms with Crippen LogP contribution in [0.15, 0.2) is 0 Å². The number of aliphatic hydroxyl groups excluding tert-OH is 1. The molecule has 1 aliphatic heterocycles. The van der Waals surface area contributed by atoms with Crippen molar-refractivity contribution in [3.8, 4) is 0 Å². The standard InChI is InChI=1S/C7H13BNO2/c10-5-7-2-1-3-9(4-7)8-6-11/h6-7,10H,1-5H2. The van der Waals surface area contributed by atoms with Gasteiger partial charge in [0.1, 0.15) is 0 Å². The van der Waals surface area contributed by atoms with Gasteiger partial charge < -0.3 is 14.7 Å². The van der Waals surface area contributed by atoms with E-state index in [4.69, 9.17) is 5.11 Å². The van der Waals surface area contributed by atoms with Crippen molar-refractivity contribution in [2.24, 2.45) is 5.92 Å². The lowest BCUT2D eigenvalue weighted by Crippen LogP contribution is -2.39. The number of hydrogen-bond donors (Lipinski definition) is 1. The molecular weight excluding hydrogens is 141 g/mol. The van der Waals surface area contributed by atoms with E-state index >= 15 is 0 Å². The predicted molar refractivity (Wildman–Crippen MR) is 43.9 cm³/mol. The lowest BCUT2D eigenvalue weighted by atomic mass is 9.87. The number of carbonyl (C=O) groups is 1. The largest absolute Gasteiger partial charge is 0.396 e. The zero-order valence-electron chi connectivity index (χ0n) is 6.57. The number of carbonyl (C=O) groups excluding carboxylic acids is 1. The molecule has 1 N–H and O–H groups in total. The maximum Gasteiger partial charge on any atom is 0.293 e. The van der Waals surface area contributed by atoms with Crippen molar-refractivity contribution in [3.63, 3.8) is 0 Å². The van der Waals surface area contributed by atoms with Crippen LogP contribution in [0.2, 0.25) is 0 Å². The summed E-state index contributed by atoms with van der Waals surface area (Å²) in [6.45, 7) is 2.02. The van der Waals surface area contributed by atoms with Crippen LogP contribution >= 0.6 is 0 Å². The first-order valence-corrected chi connectivity index (χ1v) is 4.00. The van der Waals surface area contributed by atoms with Gasteiger partial charge in [0, 0.05) is 6.61 Å². The van der Waals surface area contributed by atoms with Gasteiger partial charge in [-0.2, -0.15) is 0 Å². The van der Waals surface area contributed by atoms with E-state index in [1.807, 2.05) is 4.81 Å². The van der Waals surface area contributed by atoms with Crippen molar-refractivity contribution in [3.05, 3.63) is 0 Å². The number of nitrogens with zero attached hydrogens (tertiary/aromatic N) is 1. The molecule has 1 aliphatic rings. The third-order valence-corrected chi connectivity index (χ3v) is 2.08. The molecule has 0 bridgehead atoms. The summed E-state index contributed by atoms with van der Waals surface area (Å²) in [7, 11) is 1.56. The lowest BCUT2D eigenvalue weighted by molar-refractivity contribution is 0.166. The van der Waals surface area contributed by atoms with Crippen LogP contribution in [-0.4, -0.2) is 43.2 Å². The van der Waals surface area contributed by atoms with E-state index in [2.05, 4.69) is 0 Å². The number of piperidine rings is 1. The molecule has 1 rings (SSSR count). The summed E-state index contributed by atoms with van der Waals surface area (Å²) >= 11 is 0. The smallest absolute Gasteiger partial charge is 0.293 e. The molecule has 0 aromatic carbocycles. The third kappa shape index (κ3) is 2.63. The molecule has 1 fully saturated rings. The van der Waals surface area contributed by atoms with Crippen LogP contribution in [0.5, 0.6) is 0 Å². The number of rotatable bonds is 3. The summed E-state index contributed by atoms with van der Waals surface area (Å²) in [5.74, 6) is 0.361. The van der Waals surface area contributed by atoms with Crippen molar-refractivity contribution in [1.29, 1.82) is 0 Å². The summed E-state index contributed by atoms with van der Waals surface area (Å²) in [6.07, 6.45) is 2.97. The molecule has 0 aromatic heterocycles. The van der Waals surface area contributed by atoms with E-state index < -0.39 is 0 Å². The third-order valence-electron chi connectivity index (χ3n) is 2.08. The van der Waals surface area contributed by atoms with Crippen LogP contribution in [0.3, 0.4) is 0 Å². The first-order valence-electron chi connectivity index (χ1n) is 4.00. The topological polar surface area (TPSA) is 40.5 Å². The Hall–Kier alpha value is -0.345. The van der Waals surface area contributed by atoms with Gasteiger partial charge in [-0.1, -0.05) is 0 Å². The number of aliphatic hydroxyl groups is 1. The van der Waals surface area contributed by atoms with Crippen LogP contribution < -0.4 is 0 Å². The zero-order valence-corrected chi connectivity index (χ0v) is 6.57. The van der Waals surface area contributed by atoms with E-state index in [-0.39, 0.29) is 6.61 Å². The summed E-state index contributed by atoms with van der Waals surface area (Å²) in [5, 5.41) is 8.85. The van der Waals surface area contributed by atoms with Gasteiger partial charge in [0.15, 0.2) is 0 Å². The van der Waals surface area contributed by atoms with E-state index in [1.54, 1.807) is 7.41 Å². The molecule has 3 nitrogen and oxygen atoms in total. The maximum atomic E-state index is 10.1. The fourth-order valence-corrected chi connectivity index (χ4v) is 1.47. The molecule has 61 valence electrons. The molecule has 0 saturated carbocycles. The Morgan fingerprint density at radius 1 is 1.73 bits per heavy atom. The Morgan fingerprint density at radius 2 is 2.55 bits per heavy atom. The molecule has 1 heterocycles. The molecule has 0 aliphatic carbocycles. The second-order valence-corrected chi connectivity index (χ2v) is 2.97. The van der Waals surface area contributed by atoms with Crippen molar-refractivity contribution < 1.29 is 9.90 Å². The first kappa shape index (κ1) is 8.75. The van der Waals surface area contributed by atoms with Crippen molar-refractivity contribution in [2.45, 2.75) is 12.8 Å². The van der Waals surface area contributed by atoms with E-state index in [9.17, 15) is 4.79 Å². The van der Waals surface area contributed by atoms with Crippen LogP contribution in [0.25, 0.3) is 0 Å². The average molecular weight is 154 g/mol. The summed E-state index contributed by atoms with van der Waals surface area (Å²) in [4.78, 5) is 12.1. The molecule has 0 amide bonds. The minimum atomic E-state index is 0.239. The van der Waals surface area contributed by atoms with Gasteiger partial charge in [0.2, 0.25) is 0 Å². The van der Waals surface area contributed by atoms with Gasteiger partial charge in [-0.25, -0.2) is 0 Å². The number of hydrogen-bond acceptors (Lipinski definition) is 3. The molecule has 1 radical (unpaired) electrons. The highest BCUT2D eigenvalue weighted by molar-refractivity contribution is 6.64. The predicted octanol–water partition coefficient (Wildman–Crippen LogP) is -0.500. The summed E-state index contributed by atoms with van der Waals surface area (Å²) in [5.41, 5.74) is 0. The van der Waals surface area contributed by atoms with Gasteiger partial charge in [-0.3, -0.25) is 0 Å². The van der Waals surface area contributed by atoms with Crippen molar-refractivity contribution in [2.75, 3.05) is 19.7 Å². The van der Waals surface area contributed by atoms with Crippen LogP contribution in [0, 0.1) is 5.92 Å². The SMILES string of the molecule is O=C[B]N1CCCC(CO)C1. The highest BCUT2D eigenvalue weighted by Crippen LogP contribution is 2.13. The van der Waals surface area contributed by atoms with Crippen LogP contribution in [-0.2, 0) is 4.79 Å². The minimum Gasteiger partial charge on any atom is -0.396 e. The van der Waals surface area contributed by atoms with Crippen LogP contribution in [0.1, 0.15) is 12.8 Å². The molecule has 4 heteroatoms. The van der Waals surface area contributed by atoms with Gasteiger partial charge in [0.25, 0.3) is 7.41 Å². The Labute approximate surface area is 67.6 Å². The van der Waals surface area contributed by atoms with Crippen molar-refractivity contribution >= 4 is 13.6 Å². The van der Waals surface area contributed by atoms with Gasteiger partial charge >= 0.3 is 0 Å². The minimum absolute atomic E-state index is 0.239. The Kier molecular flexibility index (Phi) is 3.59. The van der Waals surface area contributed by atoms with E-state index in [0.717, 1.165) is 32.1 Å². The lowest BCUT2D eigenvalue weighted by Gasteiger charge is -2.29. The highest BCUT2D eigenvalue weighted by atomic mass is 16.3. The zero-order chi connectivity index (χ0) is 8.10. The molecule has 0 aromatic rings. The van der Waals surface area contributed by atoms with Gasteiger partial charge in [-0.15, -0.1) is 0 Å². The Morgan fingerprint density at radius 3 is 3.18 bits per heavy atom. The molecule has 1 atom stereocenters. The quantitative estimate of drug-likeness (QED) is 0.440. The Balaban J connectivity index is 2.27. The first-order chi connectivity index (χ1) is 5.36. The van der Waals surface area contributed by atoms with Gasteiger partial charge in [-0.05, 0) is 31.8 Å². The molecule has 11 heavy (non-hydrogen) atoms. The highest BCUT2D eigenvalue weighted by Gasteiger charge is 2.18.